The van der Waals surface area contributed by atoms with E-state index in [0.29, 0.717) is 0 Å². The standard InChI is InChI=1S/C23H19FN2O4/c1-14-3-5-16(6-4-14)12-26-22(28)19(11-25)15(2)21(23(26)29)20(27)13-30-18-9-7-17(24)8-10-18/h3-10,29H,12-13H2,1-2H3. The zero-order chi connectivity index (χ0) is 21.8. The van der Waals surface area contributed by atoms with E-state index in [-0.39, 0.29) is 29.0 Å². The molecule has 0 fully saturated rings. The van der Waals surface area contributed by atoms with Crippen LogP contribution in [0.3, 0.4) is 0 Å². The Labute approximate surface area is 172 Å². The van der Waals surface area contributed by atoms with E-state index in [9.17, 15) is 24.3 Å². The van der Waals surface area contributed by atoms with Crippen molar-refractivity contribution in [3.8, 4) is 17.7 Å². The molecular formula is C23H19FN2O4. The highest BCUT2D eigenvalue weighted by molar-refractivity contribution is 6.01. The maximum absolute atomic E-state index is 13.0. The number of ether oxygens (including phenoxy) is 1. The van der Waals surface area contributed by atoms with Crippen molar-refractivity contribution < 1.29 is 19.0 Å². The SMILES string of the molecule is Cc1ccc(Cn2c(O)c(C(=O)COc3ccc(F)cc3)c(C)c(C#N)c2=O)cc1. The fourth-order valence-corrected chi connectivity index (χ4v) is 3.06. The van der Waals surface area contributed by atoms with Crippen LogP contribution in [0, 0.1) is 31.0 Å². The zero-order valence-corrected chi connectivity index (χ0v) is 16.5. The largest absolute Gasteiger partial charge is 0.494 e. The number of hydrogen-bond acceptors (Lipinski definition) is 5. The van der Waals surface area contributed by atoms with Crippen molar-refractivity contribution in [3.63, 3.8) is 0 Å². The number of benzene rings is 2. The topological polar surface area (TPSA) is 92.3 Å². The number of ketones is 1. The molecule has 0 saturated carbocycles. The van der Waals surface area contributed by atoms with Crippen molar-refractivity contribution in [2.45, 2.75) is 20.4 Å². The number of hydrogen-bond donors (Lipinski definition) is 1. The maximum Gasteiger partial charge on any atom is 0.271 e. The minimum atomic E-state index is -0.677. The van der Waals surface area contributed by atoms with Gasteiger partial charge >= 0.3 is 0 Å². The molecule has 1 aromatic heterocycles. The second-order valence-corrected chi connectivity index (χ2v) is 6.85. The number of Topliss-reactive ketones (excluding diaryl/α,β-unsaturated/α-hetero) is 1. The number of halogens is 1. The first-order valence-corrected chi connectivity index (χ1v) is 9.15. The highest BCUT2D eigenvalue weighted by Crippen LogP contribution is 2.24. The van der Waals surface area contributed by atoms with Gasteiger partial charge < -0.3 is 9.84 Å². The number of aromatic hydroxyl groups is 1. The maximum atomic E-state index is 13.0. The predicted molar refractivity (Wildman–Crippen MR) is 108 cm³/mol. The van der Waals surface area contributed by atoms with Crippen molar-refractivity contribution in [1.82, 2.24) is 4.57 Å². The monoisotopic (exact) mass is 406 g/mol. The average molecular weight is 406 g/mol. The number of aromatic nitrogens is 1. The smallest absolute Gasteiger partial charge is 0.271 e. The number of carbonyl (C=O) groups excluding carboxylic acids is 1. The lowest BCUT2D eigenvalue weighted by atomic mass is 10.0. The fraction of sp³-hybridized carbons (Fsp3) is 0.174. The van der Waals surface area contributed by atoms with E-state index < -0.39 is 29.6 Å². The molecule has 152 valence electrons. The summed E-state index contributed by atoms with van der Waals surface area (Å²) in [4.78, 5) is 25.5. The summed E-state index contributed by atoms with van der Waals surface area (Å²) in [7, 11) is 0. The van der Waals surface area contributed by atoms with Crippen molar-refractivity contribution in [2.75, 3.05) is 6.61 Å². The zero-order valence-electron chi connectivity index (χ0n) is 16.5. The summed E-state index contributed by atoms with van der Waals surface area (Å²) in [6, 6.07) is 14.3. The molecule has 0 amide bonds. The fourth-order valence-electron chi connectivity index (χ4n) is 3.06. The Kier molecular flexibility index (Phi) is 5.98. The molecule has 1 heterocycles. The Morgan fingerprint density at radius 3 is 2.37 bits per heavy atom. The minimum absolute atomic E-state index is 0.000986. The minimum Gasteiger partial charge on any atom is -0.494 e. The van der Waals surface area contributed by atoms with Crippen LogP contribution in [0.1, 0.15) is 32.6 Å². The molecule has 0 aliphatic rings. The van der Waals surface area contributed by atoms with Gasteiger partial charge in [0.1, 0.15) is 23.2 Å². The molecular weight excluding hydrogens is 387 g/mol. The summed E-state index contributed by atoms with van der Waals surface area (Å²) >= 11 is 0. The lowest BCUT2D eigenvalue weighted by molar-refractivity contribution is 0.0916. The van der Waals surface area contributed by atoms with Crippen molar-refractivity contribution in [3.05, 3.63) is 92.5 Å². The molecule has 30 heavy (non-hydrogen) atoms. The van der Waals surface area contributed by atoms with E-state index in [2.05, 4.69) is 0 Å². The van der Waals surface area contributed by atoms with Crippen molar-refractivity contribution in [1.29, 1.82) is 5.26 Å². The van der Waals surface area contributed by atoms with Crippen LogP contribution in [-0.2, 0) is 6.54 Å². The molecule has 3 rings (SSSR count). The van der Waals surface area contributed by atoms with E-state index in [0.717, 1.165) is 15.7 Å². The second-order valence-electron chi connectivity index (χ2n) is 6.85. The number of pyridine rings is 1. The Hall–Kier alpha value is -3.92. The van der Waals surface area contributed by atoms with E-state index in [1.165, 1.54) is 31.2 Å². The third-order valence-electron chi connectivity index (χ3n) is 4.72. The Bertz CT molecular complexity index is 1190. The van der Waals surface area contributed by atoms with E-state index in [1.54, 1.807) is 12.1 Å². The first-order chi connectivity index (χ1) is 14.3. The Morgan fingerprint density at radius 1 is 1.13 bits per heavy atom. The molecule has 3 aromatic rings. The van der Waals surface area contributed by atoms with E-state index in [4.69, 9.17) is 4.74 Å². The molecule has 2 aromatic carbocycles. The number of carbonyl (C=O) groups is 1. The van der Waals surface area contributed by atoms with Gasteiger partial charge in [0.2, 0.25) is 11.7 Å². The van der Waals surface area contributed by atoms with Gasteiger partial charge in [-0.05, 0) is 49.2 Å². The van der Waals surface area contributed by atoms with Gasteiger partial charge in [0.15, 0.2) is 6.61 Å². The van der Waals surface area contributed by atoms with Gasteiger partial charge in [-0.15, -0.1) is 0 Å². The van der Waals surface area contributed by atoms with Gasteiger partial charge in [0, 0.05) is 0 Å². The summed E-state index contributed by atoms with van der Waals surface area (Å²) in [6.45, 7) is 2.90. The van der Waals surface area contributed by atoms with Gasteiger partial charge in [-0.25, -0.2) is 4.39 Å². The molecule has 6 nitrogen and oxygen atoms in total. The molecule has 1 N–H and O–H groups in total. The molecule has 7 heteroatoms. The summed E-state index contributed by atoms with van der Waals surface area (Å²) in [5.74, 6) is -1.30. The third-order valence-corrected chi connectivity index (χ3v) is 4.72. The Balaban J connectivity index is 1.97. The van der Waals surface area contributed by atoms with Crippen LogP contribution >= 0.6 is 0 Å². The predicted octanol–water partition coefficient (Wildman–Crippen LogP) is 3.49. The van der Waals surface area contributed by atoms with Crippen molar-refractivity contribution >= 4 is 5.78 Å². The molecule has 0 saturated heterocycles. The molecule has 0 unspecified atom stereocenters. The first kappa shape index (κ1) is 20.8. The lowest BCUT2D eigenvalue weighted by Gasteiger charge is -2.16. The molecule has 0 spiro atoms. The highest BCUT2D eigenvalue weighted by atomic mass is 19.1. The average Bonchev–Trinajstić information content (AvgIpc) is 2.72. The Morgan fingerprint density at radius 2 is 1.77 bits per heavy atom. The molecule has 0 atom stereocenters. The quantitative estimate of drug-likeness (QED) is 0.633. The molecule has 0 bridgehead atoms. The molecule has 0 radical (unpaired) electrons. The van der Waals surface area contributed by atoms with Crippen LogP contribution in [0.25, 0.3) is 0 Å². The van der Waals surface area contributed by atoms with Crippen LogP contribution in [0.5, 0.6) is 11.6 Å². The van der Waals surface area contributed by atoms with Gasteiger partial charge in [0.25, 0.3) is 5.56 Å². The van der Waals surface area contributed by atoms with Crippen molar-refractivity contribution in [2.24, 2.45) is 0 Å². The molecule has 0 aliphatic carbocycles. The van der Waals surface area contributed by atoms with Crippen LogP contribution < -0.4 is 10.3 Å². The normalized spacial score (nSPS) is 10.5. The van der Waals surface area contributed by atoms with Gasteiger partial charge in [0.05, 0.1) is 12.1 Å². The van der Waals surface area contributed by atoms with Crippen LogP contribution in [-0.4, -0.2) is 22.1 Å². The summed E-state index contributed by atoms with van der Waals surface area (Å²) in [6.07, 6.45) is 0. The van der Waals surface area contributed by atoms with Gasteiger partial charge in [-0.2, -0.15) is 5.26 Å². The van der Waals surface area contributed by atoms with Crippen LogP contribution in [0.4, 0.5) is 4.39 Å². The van der Waals surface area contributed by atoms with Crippen LogP contribution in [0.2, 0.25) is 0 Å². The third kappa shape index (κ3) is 4.23. The summed E-state index contributed by atoms with van der Waals surface area (Å²) in [5, 5.41) is 20.2. The number of nitriles is 1. The lowest BCUT2D eigenvalue weighted by Crippen LogP contribution is -2.28. The second kappa shape index (κ2) is 8.62. The van der Waals surface area contributed by atoms with Gasteiger partial charge in [-0.1, -0.05) is 29.8 Å². The number of aryl methyl sites for hydroxylation is 1. The summed E-state index contributed by atoms with van der Waals surface area (Å²) < 4.78 is 19.4. The number of rotatable bonds is 6. The summed E-state index contributed by atoms with van der Waals surface area (Å²) in [5.41, 5.74) is 0.805. The molecule has 0 aliphatic heterocycles. The highest BCUT2D eigenvalue weighted by Gasteiger charge is 2.24. The number of nitrogens with zero attached hydrogens (tertiary/aromatic N) is 2. The van der Waals surface area contributed by atoms with E-state index in [1.807, 2.05) is 25.1 Å². The first-order valence-electron chi connectivity index (χ1n) is 9.15. The van der Waals surface area contributed by atoms with E-state index >= 15 is 0 Å². The van der Waals surface area contributed by atoms with Gasteiger partial charge in [-0.3, -0.25) is 14.2 Å². The van der Waals surface area contributed by atoms with Crippen LogP contribution in [0.15, 0.2) is 53.3 Å².